The smallest absolute Gasteiger partial charge is 0.301 e. The van der Waals surface area contributed by atoms with Crippen LogP contribution in [0.3, 0.4) is 0 Å². The van der Waals surface area contributed by atoms with Gasteiger partial charge < -0.3 is 9.73 Å². The molecule has 108 valence electrons. The van der Waals surface area contributed by atoms with Crippen molar-refractivity contribution in [3.8, 4) is 0 Å². The number of rotatable bonds is 6. The summed E-state index contributed by atoms with van der Waals surface area (Å²) in [6.45, 7) is 8.09. The molecule has 0 saturated carbocycles. The fraction of sp³-hybridized carbons (Fsp3) is 0.438. The lowest BCUT2D eigenvalue weighted by Gasteiger charge is -2.17. The van der Waals surface area contributed by atoms with Crippen molar-refractivity contribution in [3.63, 3.8) is 0 Å². The number of hydrogen-bond acceptors (Lipinski definition) is 4. The van der Waals surface area contributed by atoms with E-state index in [9.17, 15) is 0 Å². The summed E-state index contributed by atoms with van der Waals surface area (Å²) < 4.78 is 5.57. The first-order chi connectivity index (χ1) is 9.61. The van der Waals surface area contributed by atoms with Gasteiger partial charge in [-0.25, -0.2) is 0 Å². The van der Waals surface area contributed by atoms with E-state index in [0.29, 0.717) is 6.01 Å². The molecule has 0 atom stereocenters. The number of hydrogen-bond donors (Lipinski definition) is 1. The minimum Gasteiger partial charge on any atom is -0.431 e. The molecule has 20 heavy (non-hydrogen) atoms. The zero-order valence-electron chi connectivity index (χ0n) is 12.7. The summed E-state index contributed by atoms with van der Waals surface area (Å²) in [6.07, 6.45) is 2.84. The summed E-state index contributed by atoms with van der Waals surface area (Å²) in [7, 11) is 1.98. The number of nitrogens with zero attached hydrogens (tertiary/aromatic N) is 2. The first-order valence-electron chi connectivity index (χ1n) is 7.08. The SMILES string of the molecule is CCCNCc1coc(N(C)c2ccc(C)cc2C)n1. The Balaban J connectivity index is 2.10. The van der Waals surface area contributed by atoms with Crippen LogP contribution in [0.15, 0.2) is 28.9 Å². The highest BCUT2D eigenvalue weighted by molar-refractivity contribution is 5.60. The third-order valence-corrected chi connectivity index (χ3v) is 3.27. The predicted octanol–water partition coefficient (Wildman–Crippen LogP) is 3.56. The van der Waals surface area contributed by atoms with Crippen LogP contribution in [0.2, 0.25) is 0 Å². The van der Waals surface area contributed by atoms with Crippen LogP contribution in [-0.2, 0) is 6.54 Å². The molecule has 0 aliphatic heterocycles. The van der Waals surface area contributed by atoms with Gasteiger partial charge in [-0.05, 0) is 38.4 Å². The normalized spacial score (nSPS) is 10.8. The van der Waals surface area contributed by atoms with E-state index in [1.807, 2.05) is 11.9 Å². The van der Waals surface area contributed by atoms with Crippen molar-refractivity contribution in [1.82, 2.24) is 10.3 Å². The van der Waals surface area contributed by atoms with E-state index in [-0.39, 0.29) is 0 Å². The Morgan fingerprint density at radius 3 is 2.80 bits per heavy atom. The van der Waals surface area contributed by atoms with E-state index in [1.165, 1.54) is 11.1 Å². The van der Waals surface area contributed by atoms with Gasteiger partial charge in [0.15, 0.2) is 0 Å². The lowest BCUT2D eigenvalue weighted by molar-refractivity contribution is 0.557. The zero-order chi connectivity index (χ0) is 14.5. The quantitative estimate of drug-likeness (QED) is 0.817. The summed E-state index contributed by atoms with van der Waals surface area (Å²) in [4.78, 5) is 6.50. The van der Waals surface area contributed by atoms with Gasteiger partial charge in [0.05, 0.1) is 5.69 Å². The van der Waals surface area contributed by atoms with E-state index in [2.05, 4.69) is 49.3 Å². The molecule has 1 heterocycles. The van der Waals surface area contributed by atoms with Gasteiger partial charge in [-0.3, -0.25) is 4.90 Å². The molecule has 0 aliphatic rings. The molecule has 0 spiro atoms. The molecule has 2 aromatic rings. The molecular formula is C16H23N3O. The summed E-state index contributed by atoms with van der Waals surface area (Å²) in [6, 6.07) is 7.00. The molecule has 4 heteroatoms. The molecule has 4 nitrogen and oxygen atoms in total. The third-order valence-electron chi connectivity index (χ3n) is 3.27. The van der Waals surface area contributed by atoms with Crippen LogP contribution in [0.5, 0.6) is 0 Å². The van der Waals surface area contributed by atoms with Crippen molar-refractivity contribution in [3.05, 3.63) is 41.3 Å². The summed E-state index contributed by atoms with van der Waals surface area (Å²) in [5.74, 6) is 0. The molecule has 0 unspecified atom stereocenters. The maximum absolute atomic E-state index is 5.57. The molecular weight excluding hydrogens is 250 g/mol. The average molecular weight is 273 g/mol. The van der Waals surface area contributed by atoms with Crippen molar-refractivity contribution in [2.45, 2.75) is 33.7 Å². The Bertz CT molecular complexity index is 563. The zero-order valence-corrected chi connectivity index (χ0v) is 12.7. The molecule has 0 amide bonds. The Morgan fingerprint density at radius 2 is 2.10 bits per heavy atom. The van der Waals surface area contributed by atoms with E-state index in [4.69, 9.17) is 4.42 Å². The van der Waals surface area contributed by atoms with Gasteiger partial charge in [-0.1, -0.05) is 24.6 Å². The van der Waals surface area contributed by atoms with Crippen LogP contribution < -0.4 is 10.2 Å². The molecule has 0 radical (unpaired) electrons. The standard InChI is InChI=1S/C16H23N3O/c1-5-8-17-10-14-11-20-16(18-14)19(4)15-7-6-12(2)9-13(15)3/h6-7,9,11,17H,5,8,10H2,1-4H3. The second-order valence-corrected chi connectivity index (χ2v) is 5.15. The highest BCUT2D eigenvalue weighted by Gasteiger charge is 2.12. The number of benzene rings is 1. The van der Waals surface area contributed by atoms with Crippen LogP contribution in [0, 0.1) is 13.8 Å². The number of nitrogens with one attached hydrogen (secondary N) is 1. The minimum absolute atomic E-state index is 0.630. The van der Waals surface area contributed by atoms with Crippen molar-refractivity contribution >= 4 is 11.7 Å². The number of oxazole rings is 1. The average Bonchev–Trinajstić information content (AvgIpc) is 2.87. The highest BCUT2D eigenvalue weighted by Crippen LogP contribution is 2.26. The molecule has 2 rings (SSSR count). The largest absolute Gasteiger partial charge is 0.431 e. The highest BCUT2D eigenvalue weighted by atomic mass is 16.4. The van der Waals surface area contributed by atoms with Gasteiger partial charge in [0.1, 0.15) is 6.26 Å². The van der Waals surface area contributed by atoms with Crippen LogP contribution in [0.25, 0.3) is 0 Å². The van der Waals surface area contributed by atoms with Gasteiger partial charge in [0.25, 0.3) is 0 Å². The van der Waals surface area contributed by atoms with Gasteiger partial charge in [0.2, 0.25) is 0 Å². The van der Waals surface area contributed by atoms with Crippen LogP contribution >= 0.6 is 0 Å². The molecule has 1 N–H and O–H groups in total. The Labute approximate surface area is 120 Å². The van der Waals surface area contributed by atoms with Crippen molar-refractivity contribution in [1.29, 1.82) is 0 Å². The number of aryl methyl sites for hydroxylation is 2. The number of anilines is 2. The summed E-state index contributed by atoms with van der Waals surface area (Å²) >= 11 is 0. The van der Waals surface area contributed by atoms with Gasteiger partial charge in [-0.15, -0.1) is 0 Å². The van der Waals surface area contributed by atoms with E-state index in [0.717, 1.165) is 30.9 Å². The summed E-state index contributed by atoms with van der Waals surface area (Å²) in [5, 5.41) is 3.32. The maximum atomic E-state index is 5.57. The monoisotopic (exact) mass is 273 g/mol. The first kappa shape index (κ1) is 14.6. The fourth-order valence-electron chi connectivity index (χ4n) is 2.21. The van der Waals surface area contributed by atoms with E-state index < -0.39 is 0 Å². The Morgan fingerprint density at radius 1 is 1.30 bits per heavy atom. The van der Waals surface area contributed by atoms with Gasteiger partial charge in [0, 0.05) is 19.3 Å². The second-order valence-electron chi connectivity index (χ2n) is 5.15. The predicted molar refractivity (Wildman–Crippen MR) is 82.5 cm³/mol. The van der Waals surface area contributed by atoms with Gasteiger partial charge in [-0.2, -0.15) is 4.98 Å². The topological polar surface area (TPSA) is 41.3 Å². The third kappa shape index (κ3) is 3.39. The lowest BCUT2D eigenvalue weighted by atomic mass is 10.1. The summed E-state index contributed by atoms with van der Waals surface area (Å²) in [5.41, 5.74) is 4.53. The van der Waals surface area contributed by atoms with E-state index in [1.54, 1.807) is 6.26 Å². The number of aromatic nitrogens is 1. The molecule has 1 aromatic heterocycles. The Hall–Kier alpha value is -1.81. The molecule has 0 bridgehead atoms. The lowest BCUT2D eigenvalue weighted by Crippen LogP contribution is -2.15. The van der Waals surface area contributed by atoms with Crippen LogP contribution in [-0.4, -0.2) is 18.6 Å². The first-order valence-corrected chi connectivity index (χ1v) is 7.08. The molecule has 0 aliphatic carbocycles. The molecule has 0 saturated heterocycles. The van der Waals surface area contributed by atoms with Gasteiger partial charge >= 0.3 is 6.01 Å². The molecule has 1 aromatic carbocycles. The molecule has 0 fully saturated rings. The fourth-order valence-corrected chi connectivity index (χ4v) is 2.21. The van der Waals surface area contributed by atoms with Crippen LogP contribution in [0.1, 0.15) is 30.2 Å². The second kappa shape index (κ2) is 6.57. The van der Waals surface area contributed by atoms with Crippen LogP contribution in [0.4, 0.5) is 11.7 Å². The van der Waals surface area contributed by atoms with Crippen molar-refractivity contribution in [2.75, 3.05) is 18.5 Å². The van der Waals surface area contributed by atoms with Crippen molar-refractivity contribution < 1.29 is 4.42 Å². The maximum Gasteiger partial charge on any atom is 0.301 e. The van der Waals surface area contributed by atoms with E-state index >= 15 is 0 Å². The minimum atomic E-state index is 0.630. The Kier molecular flexibility index (Phi) is 4.79. The van der Waals surface area contributed by atoms with Crippen molar-refractivity contribution in [2.24, 2.45) is 0 Å².